The summed E-state index contributed by atoms with van der Waals surface area (Å²) in [6.45, 7) is 0.902. The molecular weight excluding hydrogens is 330 g/mol. The lowest BCUT2D eigenvalue weighted by Crippen LogP contribution is -2.41. The molecule has 2 atom stereocenters. The fourth-order valence-electron chi connectivity index (χ4n) is 4.21. The Hall–Kier alpha value is -2.30. The van der Waals surface area contributed by atoms with E-state index < -0.39 is 0 Å². The third-order valence-corrected chi connectivity index (χ3v) is 6.75. The largest absolute Gasteiger partial charge is 0.504 e. The number of thiophene rings is 1. The Balaban J connectivity index is 1.65. The normalized spacial score (nSPS) is 21.3. The first-order valence-corrected chi connectivity index (χ1v) is 9.48. The lowest BCUT2D eigenvalue weighted by molar-refractivity contribution is 0.383. The standard InChI is InChI=1S/C21H19NO2S/c23-17-8-13-6-7-16-20(15(13)10-18(17)24)21-14(11-22-16)9-19(25-21)12-4-2-1-3-5-12/h1-5,8-10,16,20,22-24H,6-7,11H2. The number of hydrogen-bond donors (Lipinski definition) is 3. The fourth-order valence-corrected chi connectivity index (χ4v) is 5.58. The van der Waals surface area contributed by atoms with E-state index in [2.05, 4.69) is 35.6 Å². The van der Waals surface area contributed by atoms with E-state index in [9.17, 15) is 10.2 Å². The maximum Gasteiger partial charge on any atom is 0.157 e. The molecule has 5 rings (SSSR count). The predicted octanol–water partition coefficient (Wildman–Crippen LogP) is 4.38. The summed E-state index contributed by atoms with van der Waals surface area (Å²) in [5.74, 6) is 0.213. The van der Waals surface area contributed by atoms with Crippen LogP contribution in [0.1, 0.15) is 33.9 Å². The molecular formula is C21H19NO2S. The summed E-state index contributed by atoms with van der Waals surface area (Å²) in [5.41, 5.74) is 4.91. The van der Waals surface area contributed by atoms with Crippen molar-refractivity contribution in [2.45, 2.75) is 31.3 Å². The zero-order chi connectivity index (χ0) is 17.0. The summed E-state index contributed by atoms with van der Waals surface area (Å²) in [7, 11) is 0. The topological polar surface area (TPSA) is 52.5 Å². The van der Waals surface area contributed by atoms with Crippen molar-refractivity contribution in [3.05, 3.63) is 70.1 Å². The lowest BCUT2D eigenvalue weighted by atomic mass is 9.75. The minimum Gasteiger partial charge on any atom is -0.504 e. The Bertz CT molecular complexity index is 948. The number of fused-ring (bicyclic) bond motifs is 5. The van der Waals surface area contributed by atoms with Crippen LogP contribution in [0.4, 0.5) is 0 Å². The van der Waals surface area contributed by atoms with Crippen LogP contribution in [0.3, 0.4) is 0 Å². The number of phenols is 2. The van der Waals surface area contributed by atoms with Crippen molar-refractivity contribution in [3.8, 4) is 21.9 Å². The summed E-state index contributed by atoms with van der Waals surface area (Å²) in [6, 6.07) is 16.7. The molecule has 0 radical (unpaired) electrons. The smallest absolute Gasteiger partial charge is 0.157 e. The second-order valence-corrected chi connectivity index (χ2v) is 7.99. The first-order valence-electron chi connectivity index (χ1n) is 8.67. The van der Waals surface area contributed by atoms with Gasteiger partial charge in [-0.15, -0.1) is 11.3 Å². The van der Waals surface area contributed by atoms with Crippen LogP contribution < -0.4 is 5.32 Å². The van der Waals surface area contributed by atoms with Crippen LogP contribution in [-0.2, 0) is 13.0 Å². The molecule has 0 saturated heterocycles. The van der Waals surface area contributed by atoms with Gasteiger partial charge in [0.15, 0.2) is 11.5 Å². The number of phenolic OH excluding ortho intramolecular Hbond substituents is 2. The van der Waals surface area contributed by atoms with Crippen LogP contribution in [0.25, 0.3) is 10.4 Å². The first kappa shape index (κ1) is 15.0. The van der Waals surface area contributed by atoms with E-state index in [0.29, 0.717) is 6.04 Å². The van der Waals surface area contributed by atoms with Crippen LogP contribution in [0.15, 0.2) is 48.5 Å². The van der Waals surface area contributed by atoms with E-state index in [1.54, 1.807) is 12.1 Å². The molecule has 0 fully saturated rings. The summed E-state index contributed by atoms with van der Waals surface area (Å²) in [5, 5.41) is 23.6. The highest BCUT2D eigenvalue weighted by Gasteiger charge is 2.37. The number of aromatic hydroxyl groups is 2. The Morgan fingerprint density at radius 3 is 2.60 bits per heavy atom. The van der Waals surface area contributed by atoms with Gasteiger partial charge < -0.3 is 15.5 Å². The molecule has 1 aliphatic heterocycles. The number of hydrogen-bond acceptors (Lipinski definition) is 4. The second kappa shape index (κ2) is 5.61. The quantitative estimate of drug-likeness (QED) is 0.572. The van der Waals surface area contributed by atoms with Gasteiger partial charge in [0.1, 0.15) is 0 Å². The molecule has 2 unspecified atom stereocenters. The number of aryl methyl sites for hydroxylation is 1. The monoisotopic (exact) mass is 349 g/mol. The van der Waals surface area contributed by atoms with Crippen molar-refractivity contribution >= 4 is 11.3 Å². The molecule has 25 heavy (non-hydrogen) atoms. The van der Waals surface area contributed by atoms with Crippen molar-refractivity contribution in [3.63, 3.8) is 0 Å². The maximum atomic E-state index is 10.0. The van der Waals surface area contributed by atoms with Gasteiger partial charge in [0, 0.05) is 28.3 Å². The Morgan fingerprint density at radius 1 is 0.960 bits per heavy atom. The zero-order valence-electron chi connectivity index (χ0n) is 13.7. The van der Waals surface area contributed by atoms with Crippen molar-refractivity contribution in [1.82, 2.24) is 5.32 Å². The molecule has 0 bridgehead atoms. The van der Waals surface area contributed by atoms with Gasteiger partial charge in [-0.1, -0.05) is 30.3 Å². The highest BCUT2D eigenvalue weighted by molar-refractivity contribution is 7.15. The third-order valence-electron chi connectivity index (χ3n) is 5.44. The minimum absolute atomic E-state index is 0.0163. The van der Waals surface area contributed by atoms with Gasteiger partial charge in [0.05, 0.1) is 0 Å². The highest BCUT2D eigenvalue weighted by Crippen LogP contribution is 2.48. The average Bonchev–Trinajstić information content (AvgIpc) is 3.07. The van der Waals surface area contributed by atoms with E-state index in [1.165, 1.54) is 20.9 Å². The SMILES string of the molecule is Oc1cc2c(cc1O)C1c3sc(-c4ccccc4)cc3CNC1CC2. The van der Waals surface area contributed by atoms with Gasteiger partial charge in [0.2, 0.25) is 0 Å². The van der Waals surface area contributed by atoms with E-state index in [0.717, 1.165) is 30.5 Å². The molecule has 1 aliphatic carbocycles. The molecule has 1 aromatic heterocycles. The molecule has 3 nitrogen and oxygen atoms in total. The lowest BCUT2D eigenvalue weighted by Gasteiger charge is -2.38. The Labute approximate surface area is 150 Å². The molecule has 2 aliphatic rings. The van der Waals surface area contributed by atoms with Gasteiger partial charge >= 0.3 is 0 Å². The predicted molar refractivity (Wildman–Crippen MR) is 100 cm³/mol. The molecule has 0 amide bonds. The molecule has 4 heteroatoms. The summed E-state index contributed by atoms with van der Waals surface area (Å²) >= 11 is 1.86. The fraction of sp³-hybridized carbons (Fsp3) is 0.238. The molecule has 3 N–H and O–H groups in total. The van der Waals surface area contributed by atoms with E-state index >= 15 is 0 Å². The van der Waals surface area contributed by atoms with Crippen LogP contribution >= 0.6 is 11.3 Å². The van der Waals surface area contributed by atoms with Crippen LogP contribution in [0.5, 0.6) is 11.5 Å². The Morgan fingerprint density at radius 2 is 1.76 bits per heavy atom. The molecule has 2 aromatic carbocycles. The van der Waals surface area contributed by atoms with Crippen LogP contribution in [0.2, 0.25) is 0 Å². The first-order chi connectivity index (χ1) is 12.2. The minimum atomic E-state index is -0.0219. The summed E-state index contributed by atoms with van der Waals surface area (Å²) in [4.78, 5) is 2.69. The number of nitrogens with one attached hydrogen (secondary N) is 1. The average molecular weight is 349 g/mol. The van der Waals surface area contributed by atoms with E-state index in [1.807, 2.05) is 17.4 Å². The van der Waals surface area contributed by atoms with Crippen molar-refractivity contribution < 1.29 is 10.2 Å². The Kier molecular flexibility index (Phi) is 3.37. The highest BCUT2D eigenvalue weighted by atomic mass is 32.1. The zero-order valence-corrected chi connectivity index (χ0v) is 14.5. The van der Waals surface area contributed by atoms with Gasteiger partial charge in [-0.3, -0.25) is 0 Å². The van der Waals surface area contributed by atoms with Gasteiger partial charge in [-0.2, -0.15) is 0 Å². The molecule has 0 saturated carbocycles. The third kappa shape index (κ3) is 2.36. The van der Waals surface area contributed by atoms with Gasteiger partial charge in [0.25, 0.3) is 0 Å². The summed E-state index contributed by atoms with van der Waals surface area (Å²) < 4.78 is 0. The number of benzene rings is 2. The van der Waals surface area contributed by atoms with Crippen LogP contribution in [0, 0.1) is 0 Å². The molecule has 0 spiro atoms. The molecule has 3 aromatic rings. The van der Waals surface area contributed by atoms with Gasteiger partial charge in [-0.25, -0.2) is 0 Å². The van der Waals surface area contributed by atoms with Crippen molar-refractivity contribution in [1.29, 1.82) is 0 Å². The molecule has 126 valence electrons. The second-order valence-electron chi connectivity index (χ2n) is 6.91. The van der Waals surface area contributed by atoms with Gasteiger partial charge in [-0.05, 0) is 53.3 Å². The maximum absolute atomic E-state index is 10.0. The van der Waals surface area contributed by atoms with E-state index in [4.69, 9.17) is 0 Å². The van der Waals surface area contributed by atoms with Crippen molar-refractivity contribution in [2.75, 3.05) is 0 Å². The van der Waals surface area contributed by atoms with Crippen molar-refractivity contribution in [2.24, 2.45) is 0 Å². The number of rotatable bonds is 1. The molecule has 2 heterocycles. The van der Waals surface area contributed by atoms with E-state index in [-0.39, 0.29) is 17.4 Å². The van der Waals surface area contributed by atoms with Crippen LogP contribution in [-0.4, -0.2) is 16.3 Å². The summed E-state index contributed by atoms with van der Waals surface area (Å²) in [6.07, 6.45) is 1.99.